The van der Waals surface area contributed by atoms with Crippen LogP contribution in [0.2, 0.25) is 6.04 Å². The lowest BCUT2D eigenvalue weighted by molar-refractivity contribution is 0.178. The maximum atomic E-state index is 5.98. The maximum absolute atomic E-state index is 5.98. The molecule has 2 nitrogen and oxygen atoms in total. The Morgan fingerprint density at radius 3 is 2.06 bits per heavy atom. The lowest BCUT2D eigenvalue weighted by Crippen LogP contribution is -2.31. The Kier molecular flexibility index (Phi) is 5.06. The Labute approximate surface area is 108 Å². The van der Waals surface area contributed by atoms with Crippen molar-refractivity contribution in [2.75, 3.05) is 13.2 Å². The van der Waals surface area contributed by atoms with Crippen LogP contribution in [-0.2, 0) is 8.85 Å². The van der Waals surface area contributed by atoms with E-state index < -0.39 is 9.28 Å². The fraction of sp³-hybridized carbons (Fsp3) is 1.00. The van der Waals surface area contributed by atoms with Crippen molar-refractivity contribution in [3.8, 4) is 0 Å². The topological polar surface area (TPSA) is 18.5 Å². The Morgan fingerprint density at radius 2 is 1.65 bits per heavy atom. The normalized spacial score (nSPS) is 31.6. The Balaban J connectivity index is 1.82. The minimum atomic E-state index is -0.996. The van der Waals surface area contributed by atoms with E-state index >= 15 is 0 Å². The molecule has 0 spiro atoms. The van der Waals surface area contributed by atoms with Crippen molar-refractivity contribution >= 4 is 9.28 Å². The molecule has 2 aliphatic rings. The van der Waals surface area contributed by atoms with Crippen LogP contribution in [0.3, 0.4) is 0 Å². The van der Waals surface area contributed by atoms with Crippen LogP contribution in [0.25, 0.3) is 0 Å². The van der Waals surface area contributed by atoms with Crippen LogP contribution >= 0.6 is 0 Å². The first-order valence-corrected chi connectivity index (χ1v) is 8.92. The second kappa shape index (κ2) is 6.35. The quantitative estimate of drug-likeness (QED) is 0.612. The summed E-state index contributed by atoms with van der Waals surface area (Å²) in [6, 6.07) is 1.24. The van der Waals surface area contributed by atoms with Gasteiger partial charge in [-0.1, -0.05) is 13.8 Å². The van der Waals surface area contributed by atoms with Gasteiger partial charge in [0.15, 0.2) is 0 Å². The van der Waals surface area contributed by atoms with E-state index in [0.717, 1.165) is 32.0 Å². The van der Waals surface area contributed by atoms with Gasteiger partial charge in [0.1, 0.15) is 0 Å². The fourth-order valence-corrected chi connectivity index (χ4v) is 5.70. The van der Waals surface area contributed by atoms with Gasteiger partial charge in [-0.15, -0.1) is 0 Å². The van der Waals surface area contributed by atoms with Crippen LogP contribution in [-0.4, -0.2) is 22.5 Å². The van der Waals surface area contributed by atoms with Gasteiger partial charge in [-0.3, -0.25) is 0 Å². The van der Waals surface area contributed by atoms with Gasteiger partial charge in [0.05, 0.1) is 0 Å². The summed E-state index contributed by atoms with van der Waals surface area (Å²) < 4.78 is 12.0. The molecule has 0 saturated heterocycles. The van der Waals surface area contributed by atoms with E-state index in [1.165, 1.54) is 38.1 Å². The van der Waals surface area contributed by atoms with Crippen LogP contribution < -0.4 is 0 Å². The molecule has 17 heavy (non-hydrogen) atoms. The zero-order valence-electron chi connectivity index (χ0n) is 11.5. The summed E-state index contributed by atoms with van der Waals surface area (Å²) in [5, 5.41) is 0. The summed E-state index contributed by atoms with van der Waals surface area (Å²) in [6.07, 6.45) is 9.51. The average molecular weight is 255 g/mol. The smallest absolute Gasteiger partial charge is 0.385 e. The molecule has 0 atom stereocenters. The summed E-state index contributed by atoms with van der Waals surface area (Å²) >= 11 is 0. The van der Waals surface area contributed by atoms with Crippen molar-refractivity contribution in [1.29, 1.82) is 0 Å². The number of rotatable bonds is 8. The summed E-state index contributed by atoms with van der Waals surface area (Å²) in [6.45, 7) is 6.13. The van der Waals surface area contributed by atoms with Gasteiger partial charge in [-0.05, 0) is 62.3 Å². The van der Waals surface area contributed by atoms with E-state index in [-0.39, 0.29) is 0 Å². The largest absolute Gasteiger partial charge is 0.393 e. The fourth-order valence-electron chi connectivity index (χ4n) is 3.44. The Bertz CT molecular complexity index is 216. The van der Waals surface area contributed by atoms with E-state index in [2.05, 4.69) is 13.8 Å². The van der Waals surface area contributed by atoms with Crippen LogP contribution in [0.1, 0.15) is 58.8 Å². The van der Waals surface area contributed by atoms with Gasteiger partial charge >= 0.3 is 9.28 Å². The lowest BCUT2D eigenvalue weighted by atomic mass is 9.86. The first-order valence-electron chi connectivity index (χ1n) is 7.39. The van der Waals surface area contributed by atoms with Gasteiger partial charge in [-0.25, -0.2) is 0 Å². The average Bonchev–Trinajstić information content (AvgIpc) is 2.92. The van der Waals surface area contributed by atoms with Crippen molar-refractivity contribution in [1.82, 2.24) is 0 Å². The molecular formula is C14H27O2Si. The highest BCUT2D eigenvalue weighted by Crippen LogP contribution is 2.56. The van der Waals surface area contributed by atoms with Gasteiger partial charge in [0.25, 0.3) is 0 Å². The molecule has 2 bridgehead atoms. The molecule has 2 rings (SSSR count). The first-order chi connectivity index (χ1) is 8.28. The highest BCUT2D eigenvalue weighted by molar-refractivity contribution is 6.44. The highest BCUT2D eigenvalue weighted by Gasteiger charge is 2.47. The molecular weight excluding hydrogens is 228 g/mol. The third kappa shape index (κ3) is 3.55. The van der Waals surface area contributed by atoms with Crippen molar-refractivity contribution < 1.29 is 8.85 Å². The van der Waals surface area contributed by atoms with E-state index in [1.54, 1.807) is 0 Å². The minimum absolute atomic E-state index is 0.625. The van der Waals surface area contributed by atoms with Gasteiger partial charge < -0.3 is 8.85 Å². The molecule has 0 N–H and O–H groups in total. The van der Waals surface area contributed by atoms with Crippen LogP contribution in [0.15, 0.2) is 0 Å². The molecule has 0 amide bonds. The molecule has 3 heteroatoms. The minimum Gasteiger partial charge on any atom is -0.393 e. The Hall–Kier alpha value is 0.137. The van der Waals surface area contributed by atoms with E-state index in [9.17, 15) is 0 Å². The summed E-state index contributed by atoms with van der Waals surface area (Å²) in [5.41, 5.74) is 0.625. The van der Waals surface area contributed by atoms with Crippen molar-refractivity contribution in [3.63, 3.8) is 0 Å². The zero-order chi connectivity index (χ0) is 12.1. The molecule has 2 fully saturated rings. The second-order valence-electron chi connectivity index (χ2n) is 5.89. The summed E-state index contributed by atoms with van der Waals surface area (Å²) in [7, 11) is -0.996. The lowest BCUT2D eigenvalue weighted by Gasteiger charge is -2.29. The molecule has 0 aromatic heterocycles. The third-order valence-corrected chi connectivity index (χ3v) is 6.43. The number of hydrogen-bond donors (Lipinski definition) is 0. The highest BCUT2D eigenvalue weighted by atomic mass is 28.3. The van der Waals surface area contributed by atoms with Crippen LogP contribution in [0.4, 0.5) is 0 Å². The van der Waals surface area contributed by atoms with Gasteiger partial charge in [-0.2, -0.15) is 0 Å². The van der Waals surface area contributed by atoms with Gasteiger partial charge in [0.2, 0.25) is 0 Å². The van der Waals surface area contributed by atoms with Crippen molar-refractivity contribution in [2.45, 2.75) is 64.8 Å². The SMILES string of the molecule is CCCO[Si](CC12CCC(CC1)C2)OCCC. The van der Waals surface area contributed by atoms with Crippen LogP contribution in [0.5, 0.6) is 0 Å². The van der Waals surface area contributed by atoms with Crippen LogP contribution in [0, 0.1) is 11.3 Å². The third-order valence-electron chi connectivity index (χ3n) is 4.34. The van der Waals surface area contributed by atoms with Crippen molar-refractivity contribution in [2.24, 2.45) is 11.3 Å². The first kappa shape index (κ1) is 13.6. The number of hydrogen-bond acceptors (Lipinski definition) is 2. The zero-order valence-corrected chi connectivity index (χ0v) is 12.5. The molecule has 99 valence electrons. The van der Waals surface area contributed by atoms with E-state index in [4.69, 9.17) is 8.85 Å². The molecule has 2 saturated carbocycles. The second-order valence-corrected chi connectivity index (χ2v) is 7.57. The molecule has 0 unspecified atom stereocenters. The predicted octanol–water partition coefficient (Wildman–Crippen LogP) is 3.91. The predicted molar refractivity (Wildman–Crippen MR) is 72.1 cm³/mol. The number of fused-ring (bicyclic) bond motifs is 2. The molecule has 0 aliphatic heterocycles. The standard InChI is InChI=1S/C14H27O2Si/c1-3-9-15-17(16-10-4-2)12-14-7-5-13(11-14)6-8-14/h13H,3-12H2,1-2H3. The Morgan fingerprint density at radius 1 is 1.06 bits per heavy atom. The van der Waals surface area contributed by atoms with E-state index in [1.807, 2.05) is 0 Å². The molecule has 0 aromatic rings. The summed E-state index contributed by atoms with van der Waals surface area (Å²) in [5.74, 6) is 1.04. The molecule has 2 aliphatic carbocycles. The summed E-state index contributed by atoms with van der Waals surface area (Å²) in [4.78, 5) is 0. The van der Waals surface area contributed by atoms with Crippen molar-refractivity contribution in [3.05, 3.63) is 0 Å². The monoisotopic (exact) mass is 255 g/mol. The maximum Gasteiger partial charge on any atom is 0.385 e. The molecule has 0 heterocycles. The van der Waals surface area contributed by atoms with E-state index in [0.29, 0.717) is 5.41 Å². The molecule has 1 radical (unpaired) electrons. The molecule has 0 aromatic carbocycles. The van der Waals surface area contributed by atoms with Gasteiger partial charge in [0, 0.05) is 13.2 Å².